The first kappa shape index (κ1) is 11.2. The van der Waals surface area contributed by atoms with Gasteiger partial charge in [0, 0.05) is 17.8 Å². The van der Waals surface area contributed by atoms with Crippen LogP contribution in [0.15, 0.2) is 30.4 Å². The van der Waals surface area contributed by atoms with Crippen LogP contribution in [0, 0.1) is 5.82 Å². The number of rotatable bonds is 3. The molecule has 0 aliphatic carbocycles. The van der Waals surface area contributed by atoms with Gasteiger partial charge in [-0.25, -0.2) is 4.39 Å². The van der Waals surface area contributed by atoms with Gasteiger partial charge in [0.05, 0.1) is 7.11 Å². The lowest BCUT2D eigenvalue weighted by Crippen LogP contribution is -2.07. The van der Waals surface area contributed by atoms with Crippen LogP contribution in [0.2, 0.25) is 0 Å². The lowest BCUT2D eigenvalue weighted by molar-refractivity contribution is -0.111. The third-order valence-electron chi connectivity index (χ3n) is 1.69. The summed E-state index contributed by atoms with van der Waals surface area (Å²) >= 11 is 0. The average molecular weight is 209 g/mol. The highest BCUT2D eigenvalue weighted by Gasteiger charge is 2.02. The molecule has 0 bridgehead atoms. The molecule has 0 aromatic heterocycles. The van der Waals surface area contributed by atoms with Crippen LogP contribution in [0.4, 0.5) is 10.1 Å². The summed E-state index contributed by atoms with van der Waals surface area (Å²) in [4.78, 5) is 11.2. The maximum atomic E-state index is 13.0. The predicted octanol–water partition coefficient (Wildman–Crippen LogP) is 2.35. The second-order valence-corrected chi connectivity index (χ2v) is 2.87. The van der Waals surface area contributed by atoms with Gasteiger partial charge >= 0.3 is 0 Å². The van der Waals surface area contributed by atoms with Crippen molar-refractivity contribution in [2.45, 2.75) is 6.92 Å². The first-order valence-electron chi connectivity index (χ1n) is 4.44. The molecule has 0 saturated heterocycles. The molecule has 0 atom stereocenters. The van der Waals surface area contributed by atoms with E-state index in [1.54, 1.807) is 19.1 Å². The minimum atomic E-state index is -0.454. The second kappa shape index (κ2) is 5.14. The minimum Gasteiger partial charge on any atom is -0.497 e. The predicted molar refractivity (Wildman–Crippen MR) is 56.4 cm³/mol. The van der Waals surface area contributed by atoms with Crippen LogP contribution in [0.3, 0.4) is 0 Å². The lowest BCUT2D eigenvalue weighted by Gasteiger charge is -2.05. The average Bonchev–Trinajstić information content (AvgIpc) is 2.17. The molecule has 0 unspecified atom stereocenters. The van der Waals surface area contributed by atoms with E-state index in [2.05, 4.69) is 5.32 Å². The number of halogens is 1. The van der Waals surface area contributed by atoms with Crippen molar-refractivity contribution in [1.29, 1.82) is 0 Å². The zero-order valence-corrected chi connectivity index (χ0v) is 8.58. The molecule has 0 fully saturated rings. The molecule has 1 amide bonds. The summed E-state index contributed by atoms with van der Waals surface area (Å²) in [5.41, 5.74) is 0.370. The summed E-state index contributed by atoms with van der Waals surface area (Å²) in [5.74, 6) is -0.388. The van der Waals surface area contributed by atoms with Gasteiger partial charge in [-0.1, -0.05) is 6.08 Å². The minimum absolute atomic E-state index is 0.301. The van der Waals surface area contributed by atoms with Crippen molar-refractivity contribution in [3.63, 3.8) is 0 Å². The highest BCUT2D eigenvalue weighted by atomic mass is 19.1. The zero-order chi connectivity index (χ0) is 11.3. The van der Waals surface area contributed by atoms with Crippen molar-refractivity contribution >= 4 is 11.6 Å². The number of hydrogen-bond acceptors (Lipinski definition) is 2. The van der Waals surface area contributed by atoms with E-state index in [0.29, 0.717) is 11.4 Å². The molecule has 0 spiro atoms. The summed E-state index contributed by atoms with van der Waals surface area (Å²) in [6, 6.07) is 4.01. The fraction of sp³-hybridized carbons (Fsp3) is 0.182. The van der Waals surface area contributed by atoms with E-state index < -0.39 is 5.82 Å². The Labute approximate surface area is 87.6 Å². The van der Waals surface area contributed by atoms with Crippen LogP contribution in [0.1, 0.15) is 6.92 Å². The van der Waals surface area contributed by atoms with E-state index in [0.717, 1.165) is 0 Å². The number of anilines is 1. The Morgan fingerprint density at radius 3 is 2.80 bits per heavy atom. The number of carbonyl (C=O) groups excluding carboxylic acids is 1. The van der Waals surface area contributed by atoms with Gasteiger partial charge in [-0.15, -0.1) is 0 Å². The molecule has 1 aromatic rings. The largest absolute Gasteiger partial charge is 0.497 e. The standard InChI is InChI=1S/C11H12FNO2/c1-3-4-11(14)13-9-5-8(12)6-10(7-9)15-2/h3-7H,1-2H3,(H,13,14)/b4-3+. The van der Waals surface area contributed by atoms with Crippen LogP contribution in [0.5, 0.6) is 5.75 Å². The van der Waals surface area contributed by atoms with Crippen LogP contribution in [-0.2, 0) is 4.79 Å². The fourth-order valence-corrected chi connectivity index (χ4v) is 1.09. The van der Waals surface area contributed by atoms with Gasteiger partial charge in [0.2, 0.25) is 5.91 Å². The lowest BCUT2D eigenvalue weighted by atomic mass is 10.3. The van der Waals surface area contributed by atoms with Crippen LogP contribution < -0.4 is 10.1 Å². The van der Waals surface area contributed by atoms with Crippen molar-refractivity contribution < 1.29 is 13.9 Å². The van der Waals surface area contributed by atoms with E-state index in [4.69, 9.17) is 4.74 Å². The summed E-state index contributed by atoms with van der Waals surface area (Å²) in [6.07, 6.45) is 2.96. The topological polar surface area (TPSA) is 38.3 Å². The monoisotopic (exact) mass is 209 g/mol. The number of ether oxygens (including phenoxy) is 1. The Morgan fingerprint density at radius 2 is 2.20 bits per heavy atom. The Hall–Kier alpha value is -1.84. The molecule has 1 N–H and O–H groups in total. The molecular formula is C11H12FNO2. The van der Waals surface area contributed by atoms with Crippen molar-refractivity contribution in [2.75, 3.05) is 12.4 Å². The summed E-state index contributed by atoms with van der Waals surface area (Å²) in [7, 11) is 1.44. The third-order valence-corrected chi connectivity index (χ3v) is 1.69. The molecule has 0 radical (unpaired) electrons. The first-order valence-corrected chi connectivity index (χ1v) is 4.44. The highest BCUT2D eigenvalue weighted by molar-refractivity contribution is 5.99. The molecule has 1 aromatic carbocycles. The van der Waals surface area contributed by atoms with E-state index >= 15 is 0 Å². The van der Waals surface area contributed by atoms with E-state index in [-0.39, 0.29) is 5.91 Å². The summed E-state index contributed by atoms with van der Waals surface area (Å²) in [6.45, 7) is 1.73. The Balaban J connectivity index is 2.85. The number of methoxy groups -OCH3 is 1. The SMILES string of the molecule is C/C=C/C(=O)Nc1cc(F)cc(OC)c1. The summed E-state index contributed by atoms with van der Waals surface area (Å²) in [5, 5.41) is 2.51. The smallest absolute Gasteiger partial charge is 0.248 e. The Morgan fingerprint density at radius 1 is 1.47 bits per heavy atom. The van der Waals surface area contributed by atoms with Gasteiger partial charge in [0.1, 0.15) is 11.6 Å². The maximum Gasteiger partial charge on any atom is 0.248 e. The number of allylic oxidation sites excluding steroid dienone is 1. The second-order valence-electron chi connectivity index (χ2n) is 2.87. The van der Waals surface area contributed by atoms with Gasteiger partial charge in [-0.2, -0.15) is 0 Å². The van der Waals surface area contributed by atoms with Crippen LogP contribution in [-0.4, -0.2) is 13.0 Å². The molecule has 80 valence electrons. The Bertz CT molecular complexity index is 388. The van der Waals surface area contributed by atoms with E-state index in [9.17, 15) is 9.18 Å². The van der Waals surface area contributed by atoms with E-state index in [1.165, 1.54) is 25.3 Å². The normalized spacial score (nSPS) is 10.3. The number of carbonyl (C=O) groups is 1. The quantitative estimate of drug-likeness (QED) is 0.776. The van der Waals surface area contributed by atoms with Gasteiger partial charge in [0.15, 0.2) is 0 Å². The number of nitrogens with one attached hydrogen (secondary N) is 1. The number of amides is 1. The van der Waals surface area contributed by atoms with E-state index in [1.807, 2.05) is 0 Å². The first-order chi connectivity index (χ1) is 7.15. The van der Waals surface area contributed by atoms with Gasteiger partial charge < -0.3 is 10.1 Å². The van der Waals surface area contributed by atoms with Crippen molar-refractivity contribution in [2.24, 2.45) is 0 Å². The van der Waals surface area contributed by atoms with Crippen LogP contribution in [0.25, 0.3) is 0 Å². The third kappa shape index (κ3) is 3.42. The molecule has 0 saturated carbocycles. The molecule has 15 heavy (non-hydrogen) atoms. The molecular weight excluding hydrogens is 197 g/mol. The molecule has 0 heterocycles. The highest BCUT2D eigenvalue weighted by Crippen LogP contribution is 2.19. The zero-order valence-electron chi connectivity index (χ0n) is 8.58. The number of benzene rings is 1. The van der Waals surface area contributed by atoms with Gasteiger partial charge in [-0.05, 0) is 19.1 Å². The van der Waals surface area contributed by atoms with Gasteiger partial charge in [-0.3, -0.25) is 4.79 Å². The van der Waals surface area contributed by atoms with Crippen molar-refractivity contribution in [3.8, 4) is 5.75 Å². The number of hydrogen-bond donors (Lipinski definition) is 1. The molecule has 3 nitrogen and oxygen atoms in total. The molecule has 0 aliphatic rings. The fourth-order valence-electron chi connectivity index (χ4n) is 1.09. The van der Waals surface area contributed by atoms with Gasteiger partial charge in [0.25, 0.3) is 0 Å². The van der Waals surface area contributed by atoms with Crippen LogP contribution >= 0.6 is 0 Å². The molecule has 1 rings (SSSR count). The van der Waals surface area contributed by atoms with Crippen molar-refractivity contribution in [3.05, 3.63) is 36.2 Å². The maximum absolute atomic E-state index is 13.0. The Kier molecular flexibility index (Phi) is 3.85. The van der Waals surface area contributed by atoms with Crippen molar-refractivity contribution in [1.82, 2.24) is 0 Å². The summed E-state index contributed by atoms with van der Waals surface area (Å²) < 4.78 is 17.9. The molecule has 4 heteroatoms. The molecule has 0 aliphatic heterocycles.